The Morgan fingerprint density at radius 1 is 1.18 bits per heavy atom. The van der Waals surface area contributed by atoms with E-state index < -0.39 is 0 Å². The quantitative estimate of drug-likeness (QED) is 0.715. The van der Waals surface area contributed by atoms with E-state index in [-0.39, 0.29) is 0 Å². The van der Waals surface area contributed by atoms with Crippen molar-refractivity contribution in [1.82, 2.24) is 9.97 Å². The zero-order valence-corrected chi connectivity index (χ0v) is 9.48. The number of nitrogens with two attached hydrogens (primary N) is 1. The number of rotatable bonds is 1. The molecule has 0 saturated heterocycles. The Hall–Kier alpha value is -2.07. The number of hydrogen-bond donors (Lipinski definition) is 1. The lowest BCUT2D eigenvalue weighted by Crippen LogP contribution is -1.91. The van der Waals surface area contributed by atoms with Gasteiger partial charge in [-0.15, -0.1) is 0 Å². The molecule has 0 fully saturated rings. The Labute approximate surface area is 102 Å². The van der Waals surface area contributed by atoms with Crippen LogP contribution in [0, 0.1) is 0 Å². The van der Waals surface area contributed by atoms with Crippen LogP contribution >= 0.6 is 11.6 Å². The van der Waals surface area contributed by atoms with Gasteiger partial charge in [-0.25, -0.2) is 9.97 Å². The van der Waals surface area contributed by atoms with E-state index in [1.165, 1.54) is 6.33 Å². The number of hydrogen-bond acceptors (Lipinski definition) is 4. The third-order valence-electron chi connectivity index (χ3n) is 2.44. The second-order valence-electron chi connectivity index (χ2n) is 3.60. The van der Waals surface area contributed by atoms with Crippen LogP contribution in [-0.2, 0) is 0 Å². The molecular formula is C12H8ClN3O. The molecule has 4 nitrogen and oxygen atoms in total. The molecule has 84 valence electrons. The third kappa shape index (κ3) is 1.72. The molecule has 0 aliphatic rings. The van der Waals surface area contributed by atoms with Gasteiger partial charge >= 0.3 is 0 Å². The smallest absolute Gasteiger partial charge is 0.154 e. The molecule has 0 unspecified atom stereocenters. The zero-order valence-electron chi connectivity index (χ0n) is 8.72. The Kier molecular flexibility index (Phi) is 2.23. The lowest BCUT2D eigenvalue weighted by Gasteiger charge is -1.95. The lowest BCUT2D eigenvalue weighted by atomic mass is 10.2. The number of nitrogen functional groups attached to an aromatic ring is 1. The second-order valence-corrected chi connectivity index (χ2v) is 4.00. The predicted molar refractivity (Wildman–Crippen MR) is 66.7 cm³/mol. The SMILES string of the molecule is Nc1cc(-c2cc3cccc(Cl)c3o2)ncn1. The van der Waals surface area contributed by atoms with Crippen molar-refractivity contribution < 1.29 is 4.42 Å². The van der Waals surface area contributed by atoms with E-state index in [2.05, 4.69) is 9.97 Å². The number of nitrogens with zero attached hydrogens (tertiary/aromatic N) is 2. The molecule has 0 radical (unpaired) electrons. The van der Waals surface area contributed by atoms with Gasteiger partial charge in [-0.2, -0.15) is 0 Å². The molecule has 0 saturated carbocycles. The van der Waals surface area contributed by atoms with E-state index in [9.17, 15) is 0 Å². The summed E-state index contributed by atoms with van der Waals surface area (Å²) in [4.78, 5) is 7.94. The first-order chi connectivity index (χ1) is 8.24. The van der Waals surface area contributed by atoms with Gasteiger partial charge in [0.2, 0.25) is 0 Å². The van der Waals surface area contributed by atoms with Crippen molar-refractivity contribution in [1.29, 1.82) is 0 Å². The van der Waals surface area contributed by atoms with Crippen LogP contribution in [0.1, 0.15) is 0 Å². The van der Waals surface area contributed by atoms with Gasteiger partial charge in [-0.3, -0.25) is 0 Å². The van der Waals surface area contributed by atoms with Gasteiger partial charge < -0.3 is 10.2 Å². The van der Waals surface area contributed by atoms with Crippen molar-refractivity contribution in [3.8, 4) is 11.5 Å². The van der Waals surface area contributed by atoms with Crippen LogP contribution in [0.25, 0.3) is 22.4 Å². The van der Waals surface area contributed by atoms with Crippen molar-refractivity contribution in [2.45, 2.75) is 0 Å². The second kappa shape index (κ2) is 3.75. The normalized spacial score (nSPS) is 10.9. The molecule has 5 heteroatoms. The minimum absolute atomic E-state index is 0.404. The summed E-state index contributed by atoms with van der Waals surface area (Å²) in [5.41, 5.74) is 6.90. The summed E-state index contributed by atoms with van der Waals surface area (Å²) in [5.74, 6) is 1.03. The highest BCUT2D eigenvalue weighted by Crippen LogP contribution is 2.31. The number of para-hydroxylation sites is 1. The maximum atomic E-state index is 6.04. The van der Waals surface area contributed by atoms with Crippen molar-refractivity contribution >= 4 is 28.4 Å². The molecule has 3 rings (SSSR count). The Bertz CT molecular complexity index is 693. The minimum atomic E-state index is 0.404. The topological polar surface area (TPSA) is 64.9 Å². The van der Waals surface area contributed by atoms with Gasteiger partial charge in [-0.05, 0) is 12.1 Å². The van der Waals surface area contributed by atoms with Crippen molar-refractivity contribution in [2.24, 2.45) is 0 Å². The van der Waals surface area contributed by atoms with Gasteiger partial charge in [0.05, 0.1) is 5.02 Å². The van der Waals surface area contributed by atoms with E-state index >= 15 is 0 Å². The summed E-state index contributed by atoms with van der Waals surface area (Å²) in [6, 6.07) is 9.12. The third-order valence-corrected chi connectivity index (χ3v) is 2.73. The molecule has 2 aromatic heterocycles. The van der Waals surface area contributed by atoms with Crippen LogP contribution in [0.15, 0.2) is 41.1 Å². The van der Waals surface area contributed by atoms with E-state index in [1.54, 1.807) is 12.1 Å². The van der Waals surface area contributed by atoms with E-state index in [0.717, 1.165) is 5.39 Å². The first kappa shape index (κ1) is 10.1. The van der Waals surface area contributed by atoms with Crippen LogP contribution in [0.4, 0.5) is 5.82 Å². The number of fused-ring (bicyclic) bond motifs is 1. The highest BCUT2D eigenvalue weighted by Gasteiger charge is 2.09. The number of halogens is 1. The van der Waals surface area contributed by atoms with Crippen LogP contribution in [0.5, 0.6) is 0 Å². The molecule has 2 N–H and O–H groups in total. The average Bonchev–Trinajstić information content (AvgIpc) is 2.74. The van der Waals surface area contributed by atoms with Crippen LogP contribution < -0.4 is 5.73 Å². The highest BCUT2D eigenvalue weighted by molar-refractivity contribution is 6.34. The Morgan fingerprint density at radius 3 is 2.82 bits per heavy atom. The fourth-order valence-corrected chi connectivity index (χ4v) is 1.88. The van der Waals surface area contributed by atoms with Crippen molar-refractivity contribution in [3.63, 3.8) is 0 Å². The number of aromatic nitrogens is 2. The number of anilines is 1. The summed E-state index contributed by atoms with van der Waals surface area (Å²) in [7, 11) is 0. The van der Waals surface area contributed by atoms with Gasteiger partial charge in [-0.1, -0.05) is 23.7 Å². The van der Waals surface area contributed by atoms with E-state index in [4.69, 9.17) is 21.8 Å². The summed E-state index contributed by atoms with van der Waals surface area (Å²) in [6.45, 7) is 0. The van der Waals surface area contributed by atoms with Gasteiger partial charge in [0.25, 0.3) is 0 Å². The van der Waals surface area contributed by atoms with Crippen LogP contribution in [0.3, 0.4) is 0 Å². The molecule has 0 spiro atoms. The zero-order chi connectivity index (χ0) is 11.8. The van der Waals surface area contributed by atoms with Crippen LogP contribution in [0.2, 0.25) is 5.02 Å². The molecule has 0 bridgehead atoms. The standard InChI is InChI=1S/C12H8ClN3O/c13-8-3-1-2-7-4-10(17-12(7)8)9-5-11(14)16-6-15-9/h1-6H,(H2,14,15,16). The Balaban J connectivity index is 2.22. The van der Waals surface area contributed by atoms with Crippen molar-refractivity contribution in [2.75, 3.05) is 5.73 Å². The molecule has 0 amide bonds. The van der Waals surface area contributed by atoms with E-state index in [0.29, 0.717) is 27.9 Å². The molecule has 3 aromatic rings. The monoisotopic (exact) mass is 245 g/mol. The fraction of sp³-hybridized carbons (Fsp3) is 0. The number of furan rings is 1. The van der Waals surface area contributed by atoms with Gasteiger partial charge in [0.1, 0.15) is 17.8 Å². The highest BCUT2D eigenvalue weighted by atomic mass is 35.5. The fourth-order valence-electron chi connectivity index (χ4n) is 1.66. The largest absolute Gasteiger partial charge is 0.453 e. The lowest BCUT2D eigenvalue weighted by molar-refractivity contribution is 0.628. The molecule has 0 atom stereocenters. The first-order valence-corrected chi connectivity index (χ1v) is 5.38. The summed E-state index contributed by atoms with van der Waals surface area (Å²) in [5, 5.41) is 1.51. The summed E-state index contributed by atoms with van der Waals surface area (Å²) in [6.07, 6.45) is 1.40. The average molecular weight is 246 g/mol. The summed E-state index contributed by atoms with van der Waals surface area (Å²) >= 11 is 6.04. The maximum absolute atomic E-state index is 6.04. The molecule has 1 aromatic carbocycles. The van der Waals surface area contributed by atoms with Crippen molar-refractivity contribution in [3.05, 3.63) is 41.7 Å². The van der Waals surface area contributed by atoms with Gasteiger partial charge in [0, 0.05) is 11.5 Å². The van der Waals surface area contributed by atoms with Gasteiger partial charge in [0.15, 0.2) is 11.3 Å². The van der Waals surface area contributed by atoms with E-state index in [1.807, 2.05) is 18.2 Å². The van der Waals surface area contributed by atoms with Crippen LogP contribution in [-0.4, -0.2) is 9.97 Å². The molecule has 0 aliphatic heterocycles. The molecule has 0 aliphatic carbocycles. The first-order valence-electron chi connectivity index (χ1n) is 5.00. The molecule has 17 heavy (non-hydrogen) atoms. The predicted octanol–water partition coefficient (Wildman–Crippen LogP) is 3.13. The maximum Gasteiger partial charge on any atom is 0.154 e. The minimum Gasteiger partial charge on any atom is -0.453 e. The summed E-state index contributed by atoms with van der Waals surface area (Å²) < 4.78 is 5.66. The molecule has 2 heterocycles. The molecular weight excluding hydrogens is 238 g/mol. The Morgan fingerprint density at radius 2 is 2.06 bits per heavy atom. The number of benzene rings is 1.